The Bertz CT molecular complexity index is 314. The molecule has 1 rings (SSSR count). The second-order valence-corrected chi connectivity index (χ2v) is 6.21. The highest BCUT2D eigenvalue weighted by atomic mass is 32.2. The van der Waals surface area contributed by atoms with E-state index in [1.165, 1.54) is 23.3 Å². The van der Waals surface area contributed by atoms with Crippen LogP contribution in [0.1, 0.15) is 52.0 Å². The highest BCUT2D eigenvalue weighted by molar-refractivity contribution is 7.99. The molecular weight excluding hydrogens is 238 g/mol. The summed E-state index contributed by atoms with van der Waals surface area (Å²) >= 11 is 1.94. The van der Waals surface area contributed by atoms with Crippen LogP contribution in [0.3, 0.4) is 0 Å². The lowest BCUT2D eigenvalue weighted by molar-refractivity contribution is 0.501. The Kier molecular flexibility index (Phi) is 7.45. The Hall–Kier alpha value is -0.470. The fraction of sp³-hybridized carbons (Fsp3) is 0.625. The van der Waals surface area contributed by atoms with E-state index in [4.69, 9.17) is 0 Å². The van der Waals surface area contributed by atoms with Crippen molar-refractivity contribution in [2.45, 2.75) is 57.4 Å². The van der Waals surface area contributed by atoms with E-state index in [1.54, 1.807) is 0 Å². The van der Waals surface area contributed by atoms with Crippen LogP contribution in [0.15, 0.2) is 29.2 Å². The molecular formula is C16H27NS. The number of rotatable bonds is 8. The van der Waals surface area contributed by atoms with Crippen molar-refractivity contribution in [1.29, 1.82) is 0 Å². The number of nitrogens with one attached hydrogen (secondary N) is 1. The number of hydrogen-bond acceptors (Lipinski definition) is 2. The smallest absolute Gasteiger partial charge is 0.0106 e. The zero-order valence-corrected chi connectivity index (χ0v) is 13.0. The van der Waals surface area contributed by atoms with Gasteiger partial charge in [-0.1, -0.05) is 39.8 Å². The van der Waals surface area contributed by atoms with Crippen molar-refractivity contribution in [2.24, 2.45) is 0 Å². The molecule has 0 atom stereocenters. The molecule has 0 saturated carbocycles. The minimum atomic E-state index is 0.626. The van der Waals surface area contributed by atoms with E-state index in [9.17, 15) is 0 Å². The maximum atomic E-state index is 3.60. The minimum absolute atomic E-state index is 0.626. The van der Waals surface area contributed by atoms with Crippen LogP contribution in [0.25, 0.3) is 0 Å². The molecule has 1 aromatic carbocycles. The molecule has 1 nitrogen and oxygen atoms in total. The van der Waals surface area contributed by atoms with Crippen molar-refractivity contribution in [3.63, 3.8) is 0 Å². The summed E-state index contributed by atoms with van der Waals surface area (Å²) in [4.78, 5) is 1.38. The Morgan fingerprint density at radius 2 is 1.67 bits per heavy atom. The van der Waals surface area contributed by atoms with Crippen LogP contribution in [-0.4, -0.2) is 18.3 Å². The van der Waals surface area contributed by atoms with E-state index in [2.05, 4.69) is 57.3 Å². The molecule has 18 heavy (non-hydrogen) atoms. The molecule has 0 bridgehead atoms. The van der Waals surface area contributed by atoms with E-state index >= 15 is 0 Å². The second kappa shape index (κ2) is 8.60. The minimum Gasteiger partial charge on any atom is -0.313 e. The highest BCUT2D eigenvalue weighted by Gasteiger charge is 2.02. The van der Waals surface area contributed by atoms with Crippen molar-refractivity contribution in [3.8, 4) is 0 Å². The first kappa shape index (κ1) is 15.6. The summed E-state index contributed by atoms with van der Waals surface area (Å²) in [7, 11) is 0. The van der Waals surface area contributed by atoms with E-state index < -0.39 is 0 Å². The Labute approximate surface area is 117 Å². The summed E-state index contributed by atoms with van der Waals surface area (Å²) in [6.07, 6.45) is 2.45. The molecule has 0 radical (unpaired) electrons. The van der Waals surface area contributed by atoms with Crippen LogP contribution in [0, 0.1) is 0 Å². The first-order valence-electron chi connectivity index (χ1n) is 7.13. The zero-order valence-electron chi connectivity index (χ0n) is 12.2. The Morgan fingerprint density at radius 1 is 1.06 bits per heavy atom. The van der Waals surface area contributed by atoms with Gasteiger partial charge in [0, 0.05) is 23.2 Å². The topological polar surface area (TPSA) is 12.0 Å². The molecule has 2 heteroatoms. The first-order valence-corrected chi connectivity index (χ1v) is 8.12. The summed E-state index contributed by atoms with van der Waals surface area (Å²) in [5, 5.41) is 3.60. The quantitative estimate of drug-likeness (QED) is 0.541. The SMILES string of the molecule is CCC(CC)NCCSc1ccc(C(C)C)cc1. The van der Waals surface area contributed by atoms with Crippen LogP contribution in [0.2, 0.25) is 0 Å². The van der Waals surface area contributed by atoms with E-state index in [0.29, 0.717) is 12.0 Å². The average Bonchev–Trinajstić information content (AvgIpc) is 2.39. The van der Waals surface area contributed by atoms with Gasteiger partial charge in [-0.25, -0.2) is 0 Å². The molecule has 1 N–H and O–H groups in total. The number of benzene rings is 1. The van der Waals surface area contributed by atoms with Crippen molar-refractivity contribution >= 4 is 11.8 Å². The van der Waals surface area contributed by atoms with Gasteiger partial charge in [-0.2, -0.15) is 0 Å². The van der Waals surface area contributed by atoms with Crippen LogP contribution in [0.4, 0.5) is 0 Å². The standard InChI is InChI=1S/C16H27NS/c1-5-15(6-2)17-11-12-18-16-9-7-14(8-10-16)13(3)4/h7-10,13,15,17H,5-6,11-12H2,1-4H3. The van der Waals surface area contributed by atoms with Gasteiger partial charge in [-0.05, 0) is 36.5 Å². The van der Waals surface area contributed by atoms with Gasteiger partial charge >= 0.3 is 0 Å². The third-order valence-corrected chi connectivity index (χ3v) is 4.35. The van der Waals surface area contributed by atoms with Gasteiger partial charge in [-0.15, -0.1) is 11.8 Å². The van der Waals surface area contributed by atoms with Crippen molar-refractivity contribution < 1.29 is 0 Å². The van der Waals surface area contributed by atoms with E-state index in [0.717, 1.165) is 12.3 Å². The molecule has 0 unspecified atom stereocenters. The molecule has 0 amide bonds. The molecule has 0 aromatic heterocycles. The molecule has 102 valence electrons. The van der Waals surface area contributed by atoms with Crippen molar-refractivity contribution in [2.75, 3.05) is 12.3 Å². The lowest BCUT2D eigenvalue weighted by atomic mass is 10.0. The van der Waals surface area contributed by atoms with E-state index in [-0.39, 0.29) is 0 Å². The monoisotopic (exact) mass is 265 g/mol. The summed E-state index contributed by atoms with van der Waals surface area (Å²) in [5.74, 6) is 1.78. The molecule has 0 saturated heterocycles. The summed E-state index contributed by atoms with van der Waals surface area (Å²) in [5.41, 5.74) is 1.43. The fourth-order valence-electron chi connectivity index (χ4n) is 1.96. The molecule has 0 aliphatic carbocycles. The van der Waals surface area contributed by atoms with Crippen LogP contribution in [0.5, 0.6) is 0 Å². The summed E-state index contributed by atoms with van der Waals surface area (Å²) in [6.45, 7) is 10.1. The van der Waals surface area contributed by atoms with Gasteiger partial charge in [0.15, 0.2) is 0 Å². The first-order chi connectivity index (χ1) is 8.67. The lowest BCUT2D eigenvalue weighted by Crippen LogP contribution is -2.29. The third kappa shape index (κ3) is 5.45. The molecule has 0 aliphatic heterocycles. The highest BCUT2D eigenvalue weighted by Crippen LogP contribution is 2.21. The normalized spacial score (nSPS) is 11.4. The third-order valence-electron chi connectivity index (χ3n) is 3.34. The Morgan fingerprint density at radius 3 is 2.17 bits per heavy atom. The zero-order chi connectivity index (χ0) is 13.4. The largest absolute Gasteiger partial charge is 0.313 e. The van der Waals surface area contributed by atoms with Gasteiger partial charge in [0.2, 0.25) is 0 Å². The lowest BCUT2D eigenvalue weighted by Gasteiger charge is -2.14. The second-order valence-electron chi connectivity index (χ2n) is 5.04. The summed E-state index contributed by atoms with van der Waals surface area (Å²) < 4.78 is 0. The maximum absolute atomic E-state index is 3.60. The van der Waals surface area contributed by atoms with Crippen LogP contribution in [-0.2, 0) is 0 Å². The van der Waals surface area contributed by atoms with Gasteiger partial charge in [0.05, 0.1) is 0 Å². The molecule has 1 aromatic rings. The van der Waals surface area contributed by atoms with Gasteiger partial charge in [-0.3, -0.25) is 0 Å². The fourth-order valence-corrected chi connectivity index (χ4v) is 2.74. The maximum Gasteiger partial charge on any atom is 0.0106 e. The van der Waals surface area contributed by atoms with Crippen molar-refractivity contribution in [1.82, 2.24) is 5.32 Å². The molecule has 0 spiro atoms. The van der Waals surface area contributed by atoms with Gasteiger partial charge in [0.25, 0.3) is 0 Å². The average molecular weight is 265 g/mol. The molecule has 0 heterocycles. The van der Waals surface area contributed by atoms with Crippen LogP contribution < -0.4 is 5.32 Å². The molecule has 0 fully saturated rings. The molecule has 0 aliphatic rings. The number of hydrogen-bond donors (Lipinski definition) is 1. The predicted octanol–water partition coefficient (Wildman–Crippen LogP) is 4.68. The number of thioether (sulfide) groups is 1. The van der Waals surface area contributed by atoms with Crippen molar-refractivity contribution in [3.05, 3.63) is 29.8 Å². The summed E-state index contributed by atoms with van der Waals surface area (Å²) in [6, 6.07) is 9.69. The van der Waals surface area contributed by atoms with Crippen LogP contribution >= 0.6 is 11.8 Å². The van der Waals surface area contributed by atoms with Gasteiger partial charge < -0.3 is 5.32 Å². The predicted molar refractivity (Wildman–Crippen MR) is 83.6 cm³/mol. The van der Waals surface area contributed by atoms with E-state index in [1.807, 2.05) is 11.8 Å². The van der Waals surface area contributed by atoms with Gasteiger partial charge in [0.1, 0.15) is 0 Å². The Balaban J connectivity index is 2.27.